The zero-order chi connectivity index (χ0) is 25.9. The van der Waals surface area contributed by atoms with Crippen LogP contribution in [0.3, 0.4) is 0 Å². The van der Waals surface area contributed by atoms with Crippen molar-refractivity contribution >= 4 is 22.8 Å². The summed E-state index contributed by atoms with van der Waals surface area (Å²) in [6.07, 6.45) is 0. The first-order chi connectivity index (χ1) is 17.2. The lowest BCUT2D eigenvalue weighted by Crippen LogP contribution is -2.34. The Kier molecular flexibility index (Phi) is 6.96. The molecule has 0 saturated heterocycles. The summed E-state index contributed by atoms with van der Waals surface area (Å²) < 4.78 is 22.1. The molecule has 4 rings (SSSR count). The van der Waals surface area contributed by atoms with E-state index < -0.39 is 23.1 Å². The summed E-state index contributed by atoms with van der Waals surface area (Å²) in [5, 5.41) is 12.0. The van der Waals surface area contributed by atoms with Crippen LogP contribution in [0, 0.1) is 10.1 Å². The Balaban J connectivity index is 1.92. The maximum absolute atomic E-state index is 12.0. The largest absolute Gasteiger partial charge is 0.497 e. The molecule has 8 nitrogen and oxygen atoms in total. The molecule has 8 heteroatoms. The van der Waals surface area contributed by atoms with Crippen molar-refractivity contribution in [2.45, 2.75) is 26.4 Å². The van der Waals surface area contributed by atoms with Crippen molar-refractivity contribution in [3.05, 3.63) is 93.5 Å². The summed E-state index contributed by atoms with van der Waals surface area (Å²) in [6, 6.07) is 20.0. The third kappa shape index (κ3) is 4.88. The van der Waals surface area contributed by atoms with E-state index in [1.54, 1.807) is 20.1 Å². The van der Waals surface area contributed by atoms with Crippen molar-refractivity contribution in [3.63, 3.8) is 0 Å². The molecule has 0 aromatic heterocycles. The Morgan fingerprint density at radius 2 is 1.78 bits per heavy atom. The van der Waals surface area contributed by atoms with Gasteiger partial charge in [-0.15, -0.1) is 0 Å². The maximum atomic E-state index is 12.0. The van der Waals surface area contributed by atoms with Gasteiger partial charge < -0.3 is 18.9 Å². The zero-order valence-electron chi connectivity index (χ0n) is 20.6. The van der Waals surface area contributed by atoms with Crippen LogP contribution in [0.4, 0.5) is 5.69 Å². The van der Waals surface area contributed by atoms with Gasteiger partial charge in [0, 0.05) is 28.8 Å². The fraction of sp³-hybridized carbons (Fsp3) is 0.250. The van der Waals surface area contributed by atoms with Crippen molar-refractivity contribution in [1.29, 1.82) is 0 Å². The quantitative estimate of drug-likeness (QED) is 0.228. The molecule has 0 unspecified atom stereocenters. The Morgan fingerprint density at radius 3 is 2.44 bits per heavy atom. The summed E-state index contributed by atoms with van der Waals surface area (Å²) in [4.78, 5) is 23.2. The van der Waals surface area contributed by atoms with Crippen LogP contribution < -0.4 is 14.2 Å². The lowest BCUT2D eigenvalue weighted by Gasteiger charge is -2.37. The number of nitro groups is 1. The molecule has 1 aliphatic rings. The second-order valence-electron chi connectivity index (χ2n) is 8.62. The molecule has 0 saturated carbocycles. The van der Waals surface area contributed by atoms with Crippen molar-refractivity contribution in [1.82, 2.24) is 0 Å². The number of fused-ring (bicyclic) bond motifs is 1. The molecule has 0 N–H and O–H groups in total. The number of methoxy groups -OCH3 is 1. The van der Waals surface area contributed by atoms with Crippen LogP contribution in [0.1, 0.15) is 37.5 Å². The summed E-state index contributed by atoms with van der Waals surface area (Å²) >= 11 is 0. The number of hydrogen-bond donors (Lipinski definition) is 0. The molecule has 1 aliphatic heterocycles. The second kappa shape index (κ2) is 10.1. The van der Waals surface area contributed by atoms with Crippen LogP contribution in [0.5, 0.6) is 17.2 Å². The normalized spacial score (nSPS) is 13.9. The molecule has 0 radical (unpaired) electrons. The smallest absolute Gasteiger partial charge is 0.344 e. The van der Waals surface area contributed by atoms with Crippen LogP contribution in [-0.4, -0.2) is 36.8 Å². The average molecular weight is 490 g/mol. The average Bonchev–Trinajstić information content (AvgIpc) is 2.86. The van der Waals surface area contributed by atoms with Gasteiger partial charge in [0.1, 0.15) is 17.1 Å². The predicted octanol–water partition coefficient (Wildman–Crippen LogP) is 5.68. The van der Waals surface area contributed by atoms with Gasteiger partial charge >= 0.3 is 11.7 Å². The number of nitro benzene ring substituents is 1. The number of benzene rings is 3. The Hall–Kier alpha value is -4.33. The molecule has 36 heavy (non-hydrogen) atoms. The number of carbonyl (C=O) groups excluding carboxylic acids is 1. The van der Waals surface area contributed by atoms with Gasteiger partial charge in [-0.3, -0.25) is 10.1 Å². The zero-order valence-corrected chi connectivity index (χ0v) is 20.6. The molecule has 0 atom stereocenters. The van der Waals surface area contributed by atoms with Gasteiger partial charge in [-0.05, 0) is 50.1 Å². The summed E-state index contributed by atoms with van der Waals surface area (Å²) in [6.45, 7) is 5.37. The number of nitrogens with zero attached hydrogens (tertiary/aromatic N) is 1. The molecule has 3 aromatic rings. The third-order valence-corrected chi connectivity index (χ3v) is 5.83. The van der Waals surface area contributed by atoms with Gasteiger partial charge in [-0.1, -0.05) is 36.4 Å². The van der Waals surface area contributed by atoms with Crippen molar-refractivity contribution in [2.75, 3.05) is 20.3 Å². The van der Waals surface area contributed by atoms with Gasteiger partial charge in [0.15, 0.2) is 12.4 Å². The minimum Gasteiger partial charge on any atom is -0.497 e. The molecule has 0 fully saturated rings. The topological polar surface area (TPSA) is 97.1 Å². The third-order valence-electron chi connectivity index (χ3n) is 5.83. The van der Waals surface area contributed by atoms with E-state index in [0.29, 0.717) is 17.1 Å². The molecular weight excluding hydrogens is 462 g/mol. The first-order valence-corrected chi connectivity index (χ1v) is 11.5. The summed E-state index contributed by atoms with van der Waals surface area (Å²) in [7, 11) is 1.58. The van der Waals surface area contributed by atoms with E-state index in [9.17, 15) is 14.9 Å². The SMILES string of the molecule is CCOC(=O)COc1ccc(C2=C(c3ccccc3)C(C)(C)Oc3cc(OC)ccc32)cc1[N+](=O)[O-]. The number of esters is 1. The van der Waals surface area contributed by atoms with E-state index in [2.05, 4.69) is 0 Å². The summed E-state index contributed by atoms with van der Waals surface area (Å²) in [5.41, 5.74) is 3.00. The van der Waals surface area contributed by atoms with Crippen LogP contribution in [0.25, 0.3) is 11.1 Å². The Bertz CT molecular complexity index is 1330. The molecule has 0 amide bonds. The fourth-order valence-corrected chi connectivity index (χ4v) is 4.36. The van der Waals surface area contributed by atoms with Crippen LogP contribution in [0.15, 0.2) is 66.7 Å². The van der Waals surface area contributed by atoms with E-state index in [1.165, 1.54) is 12.1 Å². The minimum atomic E-state index is -0.760. The van der Waals surface area contributed by atoms with Gasteiger partial charge in [0.2, 0.25) is 0 Å². The van der Waals surface area contributed by atoms with E-state index in [1.807, 2.05) is 62.4 Å². The number of ether oxygens (including phenoxy) is 4. The molecule has 3 aromatic carbocycles. The van der Waals surface area contributed by atoms with Crippen molar-refractivity contribution in [2.24, 2.45) is 0 Å². The van der Waals surface area contributed by atoms with Gasteiger partial charge in [0.25, 0.3) is 0 Å². The second-order valence-corrected chi connectivity index (χ2v) is 8.62. The maximum Gasteiger partial charge on any atom is 0.344 e. The number of hydrogen-bond acceptors (Lipinski definition) is 7. The van der Waals surface area contributed by atoms with E-state index in [4.69, 9.17) is 18.9 Å². The highest BCUT2D eigenvalue weighted by Gasteiger charge is 2.37. The van der Waals surface area contributed by atoms with E-state index in [-0.39, 0.29) is 18.0 Å². The highest BCUT2D eigenvalue weighted by Crippen LogP contribution is 2.49. The van der Waals surface area contributed by atoms with Crippen molar-refractivity contribution in [3.8, 4) is 17.2 Å². The molecule has 0 bridgehead atoms. The molecule has 186 valence electrons. The molecule has 0 spiro atoms. The lowest BCUT2D eigenvalue weighted by atomic mass is 9.79. The predicted molar refractivity (Wildman–Crippen MR) is 135 cm³/mol. The van der Waals surface area contributed by atoms with E-state index in [0.717, 1.165) is 22.3 Å². The Labute approximate surface area is 209 Å². The minimum absolute atomic E-state index is 0.0139. The first kappa shape index (κ1) is 24.8. The van der Waals surface area contributed by atoms with E-state index >= 15 is 0 Å². The lowest BCUT2D eigenvalue weighted by molar-refractivity contribution is -0.385. The summed E-state index contributed by atoms with van der Waals surface area (Å²) in [5.74, 6) is 0.638. The highest BCUT2D eigenvalue weighted by molar-refractivity contribution is 6.04. The van der Waals surface area contributed by atoms with Gasteiger partial charge in [-0.2, -0.15) is 0 Å². The van der Waals surface area contributed by atoms with Crippen molar-refractivity contribution < 1.29 is 28.7 Å². The van der Waals surface area contributed by atoms with Gasteiger partial charge in [-0.25, -0.2) is 4.79 Å². The van der Waals surface area contributed by atoms with Crippen LogP contribution in [-0.2, 0) is 9.53 Å². The fourth-order valence-electron chi connectivity index (χ4n) is 4.36. The van der Waals surface area contributed by atoms with Crippen LogP contribution >= 0.6 is 0 Å². The van der Waals surface area contributed by atoms with Gasteiger partial charge in [0.05, 0.1) is 18.6 Å². The Morgan fingerprint density at radius 1 is 1.03 bits per heavy atom. The number of rotatable bonds is 8. The first-order valence-electron chi connectivity index (χ1n) is 11.5. The molecule has 0 aliphatic carbocycles. The highest BCUT2D eigenvalue weighted by atomic mass is 16.6. The van der Waals surface area contributed by atoms with Crippen LogP contribution in [0.2, 0.25) is 0 Å². The molecular formula is C28H27NO7. The standard InChI is InChI=1S/C28H27NO7/c1-5-34-25(30)17-35-23-14-11-19(15-22(23)29(31)32)26-21-13-12-20(33-4)16-24(21)36-28(2,3)27(26)18-9-7-6-8-10-18/h6-16H,5,17H2,1-4H3. The number of carbonyl (C=O) groups is 1. The monoisotopic (exact) mass is 489 g/mol. The molecule has 1 heterocycles.